The first-order valence-corrected chi connectivity index (χ1v) is 7.31. The van der Waals surface area contributed by atoms with Gasteiger partial charge >= 0.3 is 0 Å². The van der Waals surface area contributed by atoms with Crippen LogP contribution in [-0.4, -0.2) is 45.6 Å². The van der Waals surface area contributed by atoms with E-state index in [0.29, 0.717) is 23.0 Å². The van der Waals surface area contributed by atoms with Crippen molar-refractivity contribution in [3.8, 4) is 0 Å². The molecule has 1 aliphatic heterocycles. The summed E-state index contributed by atoms with van der Waals surface area (Å²) in [5, 5.41) is 11.7. The zero-order valence-electron chi connectivity index (χ0n) is 11.1. The first-order chi connectivity index (χ1) is 7.98. The van der Waals surface area contributed by atoms with E-state index in [1.54, 1.807) is 0 Å². The van der Waals surface area contributed by atoms with Crippen LogP contribution in [0.4, 0.5) is 0 Å². The lowest BCUT2D eigenvalue weighted by atomic mass is 10.1. The third kappa shape index (κ3) is 4.76. The maximum absolute atomic E-state index is 8.66. The summed E-state index contributed by atoms with van der Waals surface area (Å²) < 4.78 is 0.379. The molecule has 0 aromatic rings. The summed E-state index contributed by atoms with van der Waals surface area (Å²) in [6.07, 6.45) is 2.91. The molecule has 0 spiro atoms. The van der Waals surface area contributed by atoms with Crippen molar-refractivity contribution in [2.45, 2.75) is 50.8 Å². The maximum Gasteiger partial charge on any atom is 0.140 e. The smallest absolute Gasteiger partial charge is 0.140 e. The Morgan fingerprint density at radius 3 is 2.82 bits per heavy atom. The summed E-state index contributed by atoms with van der Waals surface area (Å²) in [5.41, 5.74) is 5.62. The molecule has 0 aromatic carbocycles. The fraction of sp³-hybridized carbons (Fsp3) is 0.917. The summed E-state index contributed by atoms with van der Waals surface area (Å²) in [5.74, 6) is 1.51. The Labute approximate surface area is 109 Å². The van der Waals surface area contributed by atoms with Crippen LogP contribution in [0.1, 0.15) is 40.0 Å². The molecule has 3 N–H and O–H groups in total. The molecule has 0 radical (unpaired) electrons. The molecule has 0 aliphatic carbocycles. The largest absolute Gasteiger partial charge is 0.409 e. The minimum atomic E-state index is 0.341. The van der Waals surface area contributed by atoms with Gasteiger partial charge in [0.05, 0.1) is 0 Å². The summed E-state index contributed by atoms with van der Waals surface area (Å²) in [7, 11) is 0. The SMILES string of the molecule is CCC(CC(N)=NO)N1CCSC(C)(C)CC1. The predicted octanol–water partition coefficient (Wildman–Crippen LogP) is 2.12. The van der Waals surface area contributed by atoms with Gasteiger partial charge in [0, 0.05) is 29.5 Å². The molecule has 1 rings (SSSR count). The average molecular weight is 259 g/mol. The van der Waals surface area contributed by atoms with Crippen molar-refractivity contribution in [1.29, 1.82) is 0 Å². The number of rotatable bonds is 4. The van der Waals surface area contributed by atoms with Gasteiger partial charge in [-0.25, -0.2) is 0 Å². The Balaban J connectivity index is 2.57. The third-order valence-corrected chi connectivity index (χ3v) is 4.81. The van der Waals surface area contributed by atoms with Crippen molar-refractivity contribution in [2.75, 3.05) is 18.8 Å². The lowest BCUT2D eigenvalue weighted by molar-refractivity contribution is 0.202. The number of thioether (sulfide) groups is 1. The molecule has 1 fully saturated rings. The van der Waals surface area contributed by atoms with E-state index in [1.165, 1.54) is 12.2 Å². The van der Waals surface area contributed by atoms with Gasteiger partial charge in [0.15, 0.2) is 0 Å². The van der Waals surface area contributed by atoms with Crippen LogP contribution in [0.15, 0.2) is 5.16 Å². The van der Waals surface area contributed by atoms with Gasteiger partial charge in [-0.1, -0.05) is 25.9 Å². The molecule has 100 valence electrons. The second-order valence-electron chi connectivity index (χ2n) is 5.25. The zero-order chi connectivity index (χ0) is 12.9. The Kier molecular flexibility index (Phi) is 5.59. The fourth-order valence-corrected chi connectivity index (χ4v) is 3.33. The van der Waals surface area contributed by atoms with E-state index in [4.69, 9.17) is 10.9 Å². The second kappa shape index (κ2) is 6.50. The third-order valence-electron chi connectivity index (χ3n) is 3.43. The molecule has 0 saturated carbocycles. The van der Waals surface area contributed by atoms with E-state index in [1.807, 2.05) is 11.8 Å². The van der Waals surface area contributed by atoms with E-state index in [9.17, 15) is 0 Å². The maximum atomic E-state index is 8.66. The van der Waals surface area contributed by atoms with E-state index in [0.717, 1.165) is 19.5 Å². The lowest BCUT2D eigenvalue weighted by Gasteiger charge is -2.29. The number of oxime groups is 1. The molecule has 4 nitrogen and oxygen atoms in total. The second-order valence-corrected chi connectivity index (χ2v) is 7.05. The predicted molar refractivity (Wildman–Crippen MR) is 74.8 cm³/mol. The highest BCUT2D eigenvalue weighted by Crippen LogP contribution is 2.31. The topological polar surface area (TPSA) is 61.9 Å². The number of nitrogens with two attached hydrogens (primary N) is 1. The molecule has 5 heteroatoms. The highest BCUT2D eigenvalue weighted by Gasteiger charge is 2.27. The van der Waals surface area contributed by atoms with Crippen molar-refractivity contribution in [1.82, 2.24) is 4.90 Å². The van der Waals surface area contributed by atoms with Crippen LogP contribution in [0.5, 0.6) is 0 Å². The quantitative estimate of drug-likeness (QED) is 0.351. The number of hydrogen-bond acceptors (Lipinski definition) is 4. The van der Waals surface area contributed by atoms with Crippen LogP contribution in [0.3, 0.4) is 0 Å². The van der Waals surface area contributed by atoms with Gasteiger partial charge in [0.1, 0.15) is 5.84 Å². The normalized spacial score (nSPS) is 24.3. The number of amidine groups is 1. The molecule has 17 heavy (non-hydrogen) atoms. The molecular formula is C12H25N3OS. The molecule has 1 heterocycles. The fourth-order valence-electron chi connectivity index (χ4n) is 2.22. The Morgan fingerprint density at radius 1 is 1.53 bits per heavy atom. The van der Waals surface area contributed by atoms with Crippen molar-refractivity contribution < 1.29 is 5.21 Å². The average Bonchev–Trinajstić information content (AvgIpc) is 2.47. The minimum absolute atomic E-state index is 0.341. The molecular weight excluding hydrogens is 234 g/mol. The van der Waals surface area contributed by atoms with Crippen molar-refractivity contribution in [2.24, 2.45) is 10.9 Å². The first-order valence-electron chi connectivity index (χ1n) is 6.33. The summed E-state index contributed by atoms with van der Waals surface area (Å²) >= 11 is 2.04. The van der Waals surface area contributed by atoms with Crippen LogP contribution in [-0.2, 0) is 0 Å². The molecule has 1 unspecified atom stereocenters. The molecule has 1 atom stereocenters. The summed E-state index contributed by atoms with van der Waals surface area (Å²) in [6, 6.07) is 0.403. The Hall–Kier alpha value is -0.420. The molecule has 0 amide bonds. The van der Waals surface area contributed by atoms with E-state index in [2.05, 4.69) is 30.8 Å². The lowest BCUT2D eigenvalue weighted by Crippen LogP contribution is -2.39. The standard InChI is InChI=1S/C12H25N3OS/c1-4-10(9-11(13)14-16)15-6-5-12(2,3)17-8-7-15/h10,16H,4-9H2,1-3H3,(H2,13,14). The minimum Gasteiger partial charge on any atom is -0.409 e. The van der Waals surface area contributed by atoms with Gasteiger partial charge in [0.2, 0.25) is 0 Å². The first kappa shape index (κ1) is 14.6. The number of nitrogens with zero attached hydrogens (tertiary/aromatic N) is 2. The van der Waals surface area contributed by atoms with Crippen LogP contribution in [0.2, 0.25) is 0 Å². The van der Waals surface area contributed by atoms with Gasteiger partial charge in [-0.15, -0.1) is 0 Å². The monoisotopic (exact) mass is 259 g/mol. The molecule has 1 saturated heterocycles. The van der Waals surface area contributed by atoms with Gasteiger partial charge < -0.3 is 10.9 Å². The molecule has 1 aliphatic rings. The Bertz CT molecular complexity index is 268. The van der Waals surface area contributed by atoms with Gasteiger partial charge in [-0.3, -0.25) is 4.90 Å². The van der Waals surface area contributed by atoms with Crippen LogP contribution < -0.4 is 5.73 Å². The Morgan fingerprint density at radius 2 is 2.24 bits per heavy atom. The number of hydrogen-bond donors (Lipinski definition) is 2. The van der Waals surface area contributed by atoms with E-state index >= 15 is 0 Å². The van der Waals surface area contributed by atoms with Crippen molar-refractivity contribution >= 4 is 17.6 Å². The summed E-state index contributed by atoms with van der Waals surface area (Å²) in [4.78, 5) is 2.49. The summed E-state index contributed by atoms with van der Waals surface area (Å²) in [6.45, 7) is 9.00. The highest BCUT2D eigenvalue weighted by atomic mass is 32.2. The van der Waals surface area contributed by atoms with Crippen LogP contribution >= 0.6 is 11.8 Å². The van der Waals surface area contributed by atoms with Gasteiger partial charge in [-0.05, 0) is 19.4 Å². The van der Waals surface area contributed by atoms with Gasteiger partial charge in [-0.2, -0.15) is 11.8 Å². The van der Waals surface area contributed by atoms with Crippen molar-refractivity contribution in [3.63, 3.8) is 0 Å². The van der Waals surface area contributed by atoms with Crippen LogP contribution in [0.25, 0.3) is 0 Å². The molecule has 0 aromatic heterocycles. The van der Waals surface area contributed by atoms with E-state index in [-0.39, 0.29) is 0 Å². The van der Waals surface area contributed by atoms with Crippen molar-refractivity contribution in [3.05, 3.63) is 0 Å². The van der Waals surface area contributed by atoms with E-state index < -0.39 is 0 Å². The zero-order valence-corrected chi connectivity index (χ0v) is 12.0. The molecule has 0 bridgehead atoms. The highest BCUT2D eigenvalue weighted by molar-refractivity contribution is 8.00. The van der Waals surface area contributed by atoms with Crippen LogP contribution in [0, 0.1) is 0 Å². The van der Waals surface area contributed by atoms with Gasteiger partial charge in [0.25, 0.3) is 0 Å².